The Morgan fingerprint density at radius 1 is 1.25 bits per heavy atom. The van der Waals surface area contributed by atoms with Gasteiger partial charge < -0.3 is 4.74 Å². The molecule has 0 N–H and O–H groups in total. The van der Waals surface area contributed by atoms with Gasteiger partial charge >= 0.3 is 0 Å². The average Bonchev–Trinajstić information content (AvgIpc) is 3.05. The lowest BCUT2D eigenvalue weighted by molar-refractivity contribution is 0.183. The summed E-state index contributed by atoms with van der Waals surface area (Å²) in [7, 11) is 1.64. The van der Waals surface area contributed by atoms with E-state index < -0.39 is 0 Å². The van der Waals surface area contributed by atoms with Crippen molar-refractivity contribution in [3.8, 4) is 0 Å². The Kier molecular flexibility index (Phi) is 6.33. The minimum absolute atomic E-state index is 0.0363. The van der Waals surface area contributed by atoms with E-state index in [1.54, 1.807) is 23.0 Å². The van der Waals surface area contributed by atoms with Gasteiger partial charge in [-0.15, -0.1) is 11.3 Å². The molecular weight excluding hydrogens is 435 g/mol. The highest BCUT2D eigenvalue weighted by Gasteiger charge is 2.22. The molecule has 0 radical (unpaired) electrons. The number of fused-ring (bicyclic) bond motifs is 3. The largest absolute Gasteiger partial charge is 0.383 e. The molecule has 1 aliphatic carbocycles. The molecule has 2 heterocycles. The fourth-order valence-corrected chi connectivity index (χ4v) is 6.59. The number of benzene rings is 1. The van der Waals surface area contributed by atoms with E-state index in [1.807, 2.05) is 18.2 Å². The van der Waals surface area contributed by atoms with Crippen LogP contribution < -0.4 is 5.56 Å². The monoisotopic (exact) mass is 454 g/mol. The maximum absolute atomic E-state index is 13.3. The molecule has 28 heavy (non-hydrogen) atoms. The third kappa shape index (κ3) is 3.85. The smallest absolute Gasteiger partial charge is 0.263 e. The normalized spacial score (nSPS) is 13.8. The second kappa shape index (κ2) is 8.76. The highest BCUT2D eigenvalue weighted by atomic mass is 35.5. The Morgan fingerprint density at radius 3 is 2.75 bits per heavy atom. The van der Waals surface area contributed by atoms with Crippen LogP contribution in [0.25, 0.3) is 10.2 Å². The van der Waals surface area contributed by atoms with Gasteiger partial charge in [0.15, 0.2) is 5.16 Å². The van der Waals surface area contributed by atoms with Crippen molar-refractivity contribution in [1.82, 2.24) is 9.55 Å². The van der Waals surface area contributed by atoms with Crippen LogP contribution in [0.1, 0.15) is 28.8 Å². The van der Waals surface area contributed by atoms with Crippen molar-refractivity contribution in [3.63, 3.8) is 0 Å². The number of methoxy groups -OCH3 is 1. The second-order valence-corrected chi connectivity index (χ2v) is 9.56. The van der Waals surface area contributed by atoms with Crippen LogP contribution in [0.15, 0.2) is 28.2 Å². The lowest BCUT2D eigenvalue weighted by Gasteiger charge is -2.14. The van der Waals surface area contributed by atoms with Crippen molar-refractivity contribution in [2.45, 2.75) is 43.1 Å². The Labute approximate surface area is 181 Å². The summed E-state index contributed by atoms with van der Waals surface area (Å²) in [5, 5.41) is 2.73. The van der Waals surface area contributed by atoms with Gasteiger partial charge in [-0.2, -0.15) is 0 Å². The van der Waals surface area contributed by atoms with Gasteiger partial charge in [-0.25, -0.2) is 4.98 Å². The van der Waals surface area contributed by atoms with Crippen molar-refractivity contribution in [2.75, 3.05) is 13.7 Å². The molecule has 4 nitrogen and oxygen atoms in total. The van der Waals surface area contributed by atoms with Crippen LogP contribution >= 0.6 is 46.3 Å². The first-order valence-electron chi connectivity index (χ1n) is 9.20. The molecule has 1 aromatic carbocycles. The summed E-state index contributed by atoms with van der Waals surface area (Å²) in [5.74, 6) is 0.550. The first-order valence-corrected chi connectivity index (χ1v) is 11.8. The molecule has 148 valence electrons. The van der Waals surface area contributed by atoms with Gasteiger partial charge in [-0.05, 0) is 48.9 Å². The molecule has 1 aliphatic rings. The topological polar surface area (TPSA) is 44.1 Å². The lowest BCUT2D eigenvalue weighted by Crippen LogP contribution is -2.25. The highest BCUT2D eigenvalue weighted by molar-refractivity contribution is 7.98. The molecule has 8 heteroatoms. The van der Waals surface area contributed by atoms with Crippen LogP contribution in [0.3, 0.4) is 0 Å². The molecule has 0 amide bonds. The van der Waals surface area contributed by atoms with Crippen LogP contribution in [-0.2, 0) is 29.9 Å². The first kappa shape index (κ1) is 20.2. The predicted molar refractivity (Wildman–Crippen MR) is 118 cm³/mol. The van der Waals surface area contributed by atoms with E-state index in [-0.39, 0.29) is 5.56 Å². The maximum atomic E-state index is 13.3. The molecule has 2 aromatic heterocycles. The molecule has 0 saturated heterocycles. The van der Waals surface area contributed by atoms with Crippen LogP contribution in [0, 0.1) is 0 Å². The predicted octanol–water partition coefficient (Wildman–Crippen LogP) is 5.58. The van der Waals surface area contributed by atoms with E-state index in [0.717, 1.165) is 35.0 Å². The molecule has 4 rings (SSSR count). The number of thiophene rings is 1. The number of rotatable bonds is 6. The van der Waals surface area contributed by atoms with E-state index in [4.69, 9.17) is 32.9 Å². The van der Waals surface area contributed by atoms with Gasteiger partial charge in [0.2, 0.25) is 0 Å². The Balaban J connectivity index is 1.77. The van der Waals surface area contributed by atoms with Crippen molar-refractivity contribution < 1.29 is 4.74 Å². The van der Waals surface area contributed by atoms with Gasteiger partial charge in [-0.1, -0.05) is 41.0 Å². The Hall–Kier alpha value is -1.05. The molecular formula is C20H20Cl2N2O2S2. The number of hydrogen-bond acceptors (Lipinski definition) is 5. The number of halogens is 2. The third-order valence-electron chi connectivity index (χ3n) is 4.97. The first-order chi connectivity index (χ1) is 13.6. The molecule has 0 fully saturated rings. The number of nitrogens with zero attached hydrogens (tertiary/aromatic N) is 2. The van der Waals surface area contributed by atoms with E-state index in [9.17, 15) is 4.79 Å². The summed E-state index contributed by atoms with van der Waals surface area (Å²) in [6, 6.07) is 5.48. The summed E-state index contributed by atoms with van der Waals surface area (Å²) in [5.41, 5.74) is 2.10. The fraction of sp³-hybridized carbons (Fsp3) is 0.400. The zero-order chi connectivity index (χ0) is 19.7. The summed E-state index contributed by atoms with van der Waals surface area (Å²) in [4.78, 5) is 20.4. The van der Waals surface area contributed by atoms with Crippen LogP contribution in [0.5, 0.6) is 0 Å². The zero-order valence-corrected chi connectivity index (χ0v) is 18.6. The van der Waals surface area contributed by atoms with Crippen molar-refractivity contribution in [3.05, 3.63) is 54.6 Å². The molecule has 0 saturated carbocycles. The Bertz CT molecular complexity index is 1060. The van der Waals surface area contributed by atoms with Gasteiger partial charge in [0.05, 0.1) is 18.5 Å². The summed E-state index contributed by atoms with van der Waals surface area (Å²) in [6.45, 7) is 0.932. The number of ether oxygens (including phenoxy) is 1. The van der Waals surface area contributed by atoms with Crippen LogP contribution in [-0.4, -0.2) is 23.3 Å². The van der Waals surface area contributed by atoms with E-state index in [2.05, 4.69) is 0 Å². The number of hydrogen-bond donors (Lipinski definition) is 0. The van der Waals surface area contributed by atoms with E-state index >= 15 is 0 Å². The van der Waals surface area contributed by atoms with Gasteiger partial charge in [0, 0.05) is 27.8 Å². The number of thioether (sulfide) groups is 1. The molecule has 3 aromatic rings. The van der Waals surface area contributed by atoms with Gasteiger partial charge in [-0.3, -0.25) is 9.36 Å². The lowest BCUT2D eigenvalue weighted by atomic mass is 9.97. The summed E-state index contributed by atoms with van der Waals surface area (Å²) >= 11 is 15.8. The summed E-state index contributed by atoms with van der Waals surface area (Å²) in [6.07, 6.45) is 4.34. The van der Waals surface area contributed by atoms with Crippen LogP contribution in [0.4, 0.5) is 0 Å². The number of aryl methyl sites for hydroxylation is 2. The van der Waals surface area contributed by atoms with Gasteiger partial charge in [0.25, 0.3) is 5.56 Å². The van der Waals surface area contributed by atoms with E-state index in [1.165, 1.54) is 28.6 Å². The molecule has 0 spiro atoms. The third-order valence-corrected chi connectivity index (χ3v) is 7.86. The van der Waals surface area contributed by atoms with Crippen molar-refractivity contribution in [1.29, 1.82) is 0 Å². The molecule has 0 bridgehead atoms. The molecule has 0 aliphatic heterocycles. The quantitative estimate of drug-likeness (QED) is 0.360. The second-order valence-electron chi connectivity index (χ2n) is 6.72. The average molecular weight is 455 g/mol. The van der Waals surface area contributed by atoms with Crippen molar-refractivity contribution in [2.24, 2.45) is 0 Å². The molecule has 0 unspecified atom stereocenters. The fourth-order valence-electron chi connectivity index (χ4n) is 3.52. The minimum atomic E-state index is 0.0363. The van der Waals surface area contributed by atoms with Gasteiger partial charge in [0.1, 0.15) is 4.83 Å². The zero-order valence-electron chi connectivity index (χ0n) is 15.5. The molecule has 0 atom stereocenters. The van der Waals surface area contributed by atoms with Crippen molar-refractivity contribution >= 4 is 56.5 Å². The maximum Gasteiger partial charge on any atom is 0.263 e. The SMILES string of the molecule is COCCn1c(SCc2c(Cl)cccc2Cl)nc2sc3c(c2c1=O)CCCC3. The summed E-state index contributed by atoms with van der Waals surface area (Å²) < 4.78 is 6.97. The van der Waals surface area contributed by atoms with E-state index in [0.29, 0.717) is 34.1 Å². The highest BCUT2D eigenvalue weighted by Crippen LogP contribution is 2.36. The van der Waals surface area contributed by atoms with Crippen LogP contribution in [0.2, 0.25) is 10.0 Å². The minimum Gasteiger partial charge on any atom is -0.383 e. The number of aromatic nitrogens is 2. The Morgan fingerprint density at radius 2 is 2.00 bits per heavy atom. The standard InChI is InChI=1S/C20H20Cl2N2O2S2/c1-26-10-9-24-19(25)17-12-5-2-3-8-16(12)28-18(17)23-20(24)27-11-13-14(21)6-4-7-15(13)22/h4,6-7H,2-3,5,8-11H2,1H3.